The van der Waals surface area contributed by atoms with Gasteiger partial charge < -0.3 is 13.9 Å². The first-order chi connectivity index (χ1) is 9.45. The number of carbonyl (C=O) groups excluding carboxylic acids is 2. The Labute approximate surface area is 127 Å². The lowest BCUT2D eigenvalue weighted by Crippen LogP contribution is -2.42. The van der Waals surface area contributed by atoms with Crippen molar-refractivity contribution in [2.75, 3.05) is 14.2 Å². The summed E-state index contributed by atoms with van der Waals surface area (Å²) < 4.78 is 15.8. The predicted octanol–water partition coefficient (Wildman–Crippen LogP) is 1.94. The Kier molecular flexibility index (Phi) is 4.89. The molecule has 0 spiro atoms. The SMILES string of the molecule is COC(=O)c1c([Si](C)(C)C)oc([Si](C)(C)C)c1C(=O)OC. The lowest BCUT2D eigenvalue weighted by molar-refractivity contribution is 0.0558. The Balaban J connectivity index is 3.82. The van der Waals surface area contributed by atoms with Crippen molar-refractivity contribution in [3.05, 3.63) is 11.1 Å². The van der Waals surface area contributed by atoms with Crippen molar-refractivity contribution in [1.82, 2.24) is 0 Å². The molecule has 0 aliphatic heterocycles. The molecule has 21 heavy (non-hydrogen) atoms. The Morgan fingerprint density at radius 2 is 1.05 bits per heavy atom. The zero-order valence-electron chi connectivity index (χ0n) is 14.0. The zero-order chi connectivity index (χ0) is 16.6. The van der Waals surface area contributed by atoms with Gasteiger partial charge in [-0.15, -0.1) is 0 Å². The van der Waals surface area contributed by atoms with Crippen molar-refractivity contribution in [3.8, 4) is 0 Å². The molecule has 1 rings (SSSR count). The summed E-state index contributed by atoms with van der Waals surface area (Å²) in [5, 5.41) is 1.21. The van der Waals surface area contributed by atoms with Crippen LogP contribution in [-0.4, -0.2) is 42.3 Å². The summed E-state index contributed by atoms with van der Waals surface area (Å²) in [6.07, 6.45) is 0. The molecular formula is C14H24O5Si2. The number of hydrogen-bond acceptors (Lipinski definition) is 5. The number of hydrogen-bond donors (Lipinski definition) is 0. The lowest BCUT2D eigenvalue weighted by atomic mass is 10.2. The molecule has 1 aromatic heterocycles. The fourth-order valence-corrected chi connectivity index (χ4v) is 4.95. The van der Waals surface area contributed by atoms with Gasteiger partial charge in [0, 0.05) is 0 Å². The van der Waals surface area contributed by atoms with Crippen molar-refractivity contribution in [1.29, 1.82) is 0 Å². The van der Waals surface area contributed by atoms with Crippen LogP contribution in [0, 0.1) is 0 Å². The van der Waals surface area contributed by atoms with Gasteiger partial charge in [-0.1, -0.05) is 39.3 Å². The molecule has 0 atom stereocenters. The second-order valence-electron chi connectivity index (χ2n) is 6.99. The minimum Gasteiger partial charge on any atom is -0.475 e. The molecule has 0 aliphatic carbocycles. The summed E-state index contributed by atoms with van der Waals surface area (Å²) in [6, 6.07) is 0. The van der Waals surface area contributed by atoms with Gasteiger partial charge in [0.05, 0.1) is 25.0 Å². The van der Waals surface area contributed by atoms with E-state index in [9.17, 15) is 9.59 Å². The minimum absolute atomic E-state index is 0.251. The molecule has 0 unspecified atom stereocenters. The third-order valence-electron chi connectivity index (χ3n) is 3.05. The van der Waals surface area contributed by atoms with Crippen LogP contribution in [0.4, 0.5) is 0 Å². The van der Waals surface area contributed by atoms with Crippen LogP contribution in [0.25, 0.3) is 0 Å². The van der Waals surface area contributed by atoms with Crippen LogP contribution >= 0.6 is 0 Å². The van der Waals surface area contributed by atoms with E-state index < -0.39 is 28.1 Å². The van der Waals surface area contributed by atoms with Crippen LogP contribution in [-0.2, 0) is 9.47 Å². The molecule has 0 aliphatic rings. The average molecular weight is 329 g/mol. The van der Waals surface area contributed by atoms with Gasteiger partial charge in [-0.2, -0.15) is 0 Å². The number of ether oxygens (including phenoxy) is 2. The number of esters is 2. The molecule has 0 saturated carbocycles. The molecule has 0 fully saturated rings. The summed E-state index contributed by atoms with van der Waals surface area (Å²) in [4.78, 5) is 24.4. The molecule has 118 valence electrons. The van der Waals surface area contributed by atoms with Crippen molar-refractivity contribution >= 4 is 38.9 Å². The Hall–Kier alpha value is -1.35. The predicted molar refractivity (Wildman–Crippen MR) is 87.3 cm³/mol. The summed E-state index contributed by atoms with van der Waals surface area (Å²) in [7, 11) is -1.31. The van der Waals surface area contributed by atoms with E-state index in [1.54, 1.807) is 0 Å². The zero-order valence-corrected chi connectivity index (χ0v) is 16.0. The first kappa shape index (κ1) is 17.7. The van der Waals surface area contributed by atoms with Gasteiger partial charge in [-0.25, -0.2) is 9.59 Å². The molecule has 0 aromatic carbocycles. The molecule has 0 N–H and O–H groups in total. The minimum atomic E-state index is -1.96. The van der Waals surface area contributed by atoms with Gasteiger partial charge in [0.2, 0.25) is 0 Å². The van der Waals surface area contributed by atoms with E-state index in [0.717, 1.165) is 0 Å². The van der Waals surface area contributed by atoms with Crippen LogP contribution < -0.4 is 10.8 Å². The van der Waals surface area contributed by atoms with E-state index in [1.165, 1.54) is 14.2 Å². The number of methoxy groups -OCH3 is 2. The van der Waals surface area contributed by atoms with Gasteiger partial charge in [0.15, 0.2) is 0 Å². The van der Waals surface area contributed by atoms with E-state index in [4.69, 9.17) is 13.9 Å². The maximum atomic E-state index is 12.2. The highest BCUT2D eigenvalue weighted by atomic mass is 28.3. The standard InChI is InChI=1S/C14H24O5Si2/c1-17-11(15)9-10(12(16)18-2)14(21(6,7)8)19-13(9)20(3,4)5/h1-8H3. The molecule has 0 amide bonds. The fourth-order valence-electron chi connectivity index (χ4n) is 2.08. The maximum absolute atomic E-state index is 12.2. The van der Waals surface area contributed by atoms with E-state index in [2.05, 4.69) is 39.3 Å². The van der Waals surface area contributed by atoms with Gasteiger partial charge in [0.25, 0.3) is 0 Å². The Morgan fingerprint density at radius 1 is 0.762 bits per heavy atom. The highest BCUT2D eigenvalue weighted by Gasteiger charge is 2.40. The highest BCUT2D eigenvalue weighted by molar-refractivity contribution is 6.91. The fraction of sp³-hybridized carbons (Fsp3) is 0.571. The molecule has 0 saturated heterocycles. The van der Waals surface area contributed by atoms with Crippen molar-refractivity contribution in [2.45, 2.75) is 39.3 Å². The third kappa shape index (κ3) is 3.46. The molecule has 5 nitrogen and oxygen atoms in total. The number of rotatable bonds is 4. The quantitative estimate of drug-likeness (QED) is 0.624. The van der Waals surface area contributed by atoms with E-state index in [0.29, 0.717) is 10.8 Å². The second-order valence-corrected chi connectivity index (χ2v) is 16.9. The largest absolute Gasteiger partial charge is 0.475 e. The van der Waals surface area contributed by atoms with E-state index in [1.807, 2.05) is 0 Å². The highest BCUT2D eigenvalue weighted by Crippen LogP contribution is 2.19. The normalized spacial score (nSPS) is 12.2. The molecule has 1 aromatic rings. The molecular weight excluding hydrogens is 304 g/mol. The Bertz CT molecular complexity index is 513. The summed E-state index contributed by atoms with van der Waals surface area (Å²) in [6.45, 7) is 12.4. The molecule has 1 heterocycles. The maximum Gasteiger partial charge on any atom is 0.341 e. The van der Waals surface area contributed by atoms with Crippen LogP contribution in [0.2, 0.25) is 39.3 Å². The topological polar surface area (TPSA) is 65.7 Å². The van der Waals surface area contributed by atoms with Gasteiger partial charge >= 0.3 is 11.9 Å². The summed E-state index contributed by atoms with van der Waals surface area (Å²) in [5.74, 6) is -1.08. The summed E-state index contributed by atoms with van der Waals surface area (Å²) in [5.41, 5.74) is 0.502. The monoisotopic (exact) mass is 328 g/mol. The van der Waals surface area contributed by atoms with Gasteiger partial charge in [0.1, 0.15) is 27.3 Å². The van der Waals surface area contributed by atoms with E-state index in [-0.39, 0.29) is 11.1 Å². The number of furan rings is 1. The molecule has 0 radical (unpaired) electrons. The first-order valence-corrected chi connectivity index (χ1v) is 13.8. The van der Waals surface area contributed by atoms with Gasteiger partial charge in [-0.3, -0.25) is 0 Å². The van der Waals surface area contributed by atoms with E-state index >= 15 is 0 Å². The van der Waals surface area contributed by atoms with Crippen molar-refractivity contribution in [2.24, 2.45) is 0 Å². The van der Waals surface area contributed by atoms with Crippen LogP contribution in [0.1, 0.15) is 20.7 Å². The third-order valence-corrected chi connectivity index (χ3v) is 6.48. The smallest absolute Gasteiger partial charge is 0.341 e. The molecule has 7 heteroatoms. The second kappa shape index (κ2) is 5.80. The lowest BCUT2D eigenvalue weighted by Gasteiger charge is -2.15. The summed E-state index contributed by atoms with van der Waals surface area (Å²) >= 11 is 0. The number of carbonyl (C=O) groups is 2. The van der Waals surface area contributed by atoms with Crippen LogP contribution in [0.15, 0.2) is 4.42 Å². The van der Waals surface area contributed by atoms with Crippen LogP contribution in [0.5, 0.6) is 0 Å². The van der Waals surface area contributed by atoms with Gasteiger partial charge in [-0.05, 0) is 0 Å². The van der Waals surface area contributed by atoms with Crippen molar-refractivity contribution in [3.63, 3.8) is 0 Å². The van der Waals surface area contributed by atoms with Crippen molar-refractivity contribution < 1.29 is 23.5 Å². The average Bonchev–Trinajstić information content (AvgIpc) is 2.76. The van der Waals surface area contributed by atoms with Crippen LogP contribution in [0.3, 0.4) is 0 Å². The first-order valence-electron chi connectivity index (χ1n) is 6.79. The molecule has 0 bridgehead atoms. The Morgan fingerprint density at radius 3 is 1.24 bits per heavy atom.